The molecule has 0 radical (unpaired) electrons. The van der Waals surface area contributed by atoms with Crippen LogP contribution in [-0.4, -0.2) is 43.8 Å². The first-order valence-corrected chi connectivity index (χ1v) is 10.7. The molecule has 140 valence electrons. The molecule has 4 nitrogen and oxygen atoms in total. The number of likely N-dealkylation sites (tertiary alicyclic amines) is 1. The molecule has 0 saturated carbocycles. The summed E-state index contributed by atoms with van der Waals surface area (Å²) in [4.78, 5) is 2.83. The van der Waals surface area contributed by atoms with E-state index in [1.165, 1.54) is 25.2 Å². The Morgan fingerprint density at radius 3 is 2.31 bits per heavy atom. The van der Waals surface area contributed by atoms with Gasteiger partial charge in [-0.2, -0.15) is 0 Å². The molecular weight excluding hydrogens is 353 g/mol. The van der Waals surface area contributed by atoms with Crippen molar-refractivity contribution in [2.45, 2.75) is 36.6 Å². The molecule has 1 atom stereocenters. The lowest BCUT2D eigenvalue weighted by Crippen LogP contribution is -2.33. The van der Waals surface area contributed by atoms with E-state index >= 15 is 0 Å². The summed E-state index contributed by atoms with van der Waals surface area (Å²) in [5.41, 5.74) is 1.81. The molecule has 0 amide bonds. The van der Waals surface area contributed by atoms with Crippen LogP contribution in [0.1, 0.15) is 24.0 Å². The number of rotatable bonds is 2. The largest absolute Gasteiger partial charge is 0.508 e. The zero-order valence-electron chi connectivity index (χ0n) is 14.9. The van der Waals surface area contributed by atoms with Gasteiger partial charge in [0.15, 0.2) is 9.84 Å². The van der Waals surface area contributed by atoms with Gasteiger partial charge in [0.2, 0.25) is 0 Å². The van der Waals surface area contributed by atoms with Crippen molar-refractivity contribution in [3.05, 3.63) is 59.4 Å². The number of hydrogen-bond acceptors (Lipinski definition) is 4. The molecule has 0 spiro atoms. The summed E-state index contributed by atoms with van der Waals surface area (Å²) < 4.78 is 35.3. The average Bonchev–Trinajstić information content (AvgIpc) is 3.24. The molecule has 1 unspecified atom stereocenters. The minimum atomic E-state index is -3.00. The number of sulfone groups is 1. The Morgan fingerprint density at radius 1 is 1.08 bits per heavy atom. The number of phenolic OH excluding ortho intramolecular Hbond substituents is 1. The van der Waals surface area contributed by atoms with Gasteiger partial charge < -0.3 is 5.11 Å². The number of fused-ring (bicyclic) bond motifs is 1. The van der Waals surface area contributed by atoms with Gasteiger partial charge in [-0.25, -0.2) is 12.8 Å². The quantitative estimate of drug-likeness (QED) is 0.873. The van der Waals surface area contributed by atoms with E-state index in [0.717, 1.165) is 37.1 Å². The van der Waals surface area contributed by atoms with E-state index in [1.807, 2.05) is 0 Å². The fourth-order valence-corrected chi connectivity index (χ4v) is 4.33. The Labute approximate surface area is 154 Å². The molecule has 1 N–H and O–H groups in total. The molecule has 1 heterocycles. The summed E-state index contributed by atoms with van der Waals surface area (Å²) >= 11 is 0. The van der Waals surface area contributed by atoms with E-state index in [0.29, 0.717) is 10.9 Å². The lowest BCUT2D eigenvalue weighted by Gasteiger charge is -2.22. The Morgan fingerprint density at radius 2 is 1.73 bits per heavy atom. The molecule has 6 heteroatoms. The normalized spacial score (nSPS) is 19.7. The van der Waals surface area contributed by atoms with E-state index in [9.17, 15) is 17.9 Å². The average molecular weight is 377 g/mol. The predicted octanol–water partition coefficient (Wildman–Crippen LogP) is 3.18. The van der Waals surface area contributed by atoms with Crippen LogP contribution < -0.4 is 0 Å². The van der Waals surface area contributed by atoms with Crippen molar-refractivity contribution < 1.29 is 17.9 Å². The third kappa shape index (κ3) is 4.43. The van der Waals surface area contributed by atoms with Crippen molar-refractivity contribution in [3.63, 3.8) is 0 Å². The Kier molecular flexibility index (Phi) is 5.63. The maximum Gasteiger partial charge on any atom is 0.175 e. The highest BCUT2D eigenvalue weighted by atomic mass is 32.2. The predicted molar refractivity (Wildman–Crippen MR) is 99.6 cm³/mol. The van der Waals surface area contributed by atoms with Crippen LogP contribution in [0.2, 0.25) is 0 Å². The number of phenols is 1. The number of nitrogens with zero attached hydrogens (tertiary/aromatic N) is 1. The highest BCUT2D eigenvalue weighted by molar-refractivity contribution is 7.90. The molecule has 1 saturated heterocycles. The molecule has 0 bridgehead atoms. The van der Waals surface area contributed by atoms with Crippen molar-refractivity contribution in [2.75, 3.05) is 19.3 Å². The van der Waals surface area contributed by atoms with Crippen LogP contribution in [0.25, 0.3) is 0 Å². The third-order valence-electron chi connectivity index (χ3n) is 5.00. The monoisotopic (exact) mass is 377 g/mol. The van der Waals surface area contributed by atoms with Crippen LogP contribution in [0.15, 0.2) is 47.4 Å². The summed E-state index contributed by atoms with van der Waals surface area (Å²) in [5, 5.41) is 9.38. The minimum absolute atomic E-state index is 0.0540. The molecule has 2 aliphatic rings. The lowest BCUT2D eigenvalue weighted by atomic mass is 10.1. The lowest BCUT2D eigenvalue weighted by molar-refractivity contribution is 0.249. The second-order valence-electron chi connectivity index (χ2n) is 6.96. The Bertz CT molecular complexity index is 862. The van der Waals surface area contributed by atoms with Crippen LogP contribution in [0.4, 0.5) is 4.39 Å². The van der Waals surface area contributed by atoms with Gasteiger partial charge in [0.05, 0.1) is 4.90 Å². The van der Waals surface area contributed by atoms with Crippen LogP contribution >= 0.6 is 0 Å². The zero-order valence-corrected chi connectivity index (χ0v) is 15.7. The second kappa shape index (κ2) is 7.76. The van der Waals surface area contributed by atoms with Crippen molar-refractivity contribution in [2.24, 2.45) is 0 Å². The van der Waals surface area contributed by atoms with Gasteiger partial charge in [-0.15, -0.1) is 0 Å². The summed E-state index contributed by atoms with van der Waals surface area (Å²) in [6, 6.07) is 11.8. The van der Waals surface area contributed by atoms with E-state index in [2.05, 4.69) is 4.90 Å². The smallest absolute Gasteiger partial charge is 0.175 e. The standard InChI is InChI=1S/C13H16FNO.C7H8O2S/c14-13-8-11(16)6-9-5-10(7-12(9)13)15-3-1-2-4-15;1-10(8,9)7-5-3-2-4-6-7/h6,8,10,16H,1-5,7H2;2-6H,1H3. The molecule has 1 aliphatic carbocycles. The molecule has 1 aliphatic heterocycles. The fraction of sp³-hybridized carbons (Fsp3) is 0.400. The summed E-state index contributed by atoms with van der Waals surface area (Å²) in [6.07, 6.45) is 5.42. The highest BCUT2D eigenvalue weighted by Gasteiger charge is 2.30. The van der Waals surface area contributed by atoms with E-state index < -0.39 is 9.84 Å². The summed E-state index contributed by atoms with van der Waals surface area (Å²) in [6.45, 7) is 2.29. The Hall–Kier alpha value is -1.92. The number of halogens is 1. The van der Waals surface area contributed by atoms with Gasteiger partial charge in [0.25, 0.3) is 0 Å². The zero-order chi connectivity index (χ0) is 18.7. The van der Waals surface area contributed by atoms with Crippen LogP contribution in [0.5, 0.6) is 5.75 Å². The van der Waals surface area contributed by atoms with Gasteiger partial charge >= 0.3 is 0 Å². The number of benzene rings is 2. The van der Waals surface area contributed by atoms with Gasteiger partial charge in [-0.1, -0.05) is 18.2 Å². The maximum absolute atomic E-state index is 13.6. The molecule has 4 rings (SSSR count). The first-order chi connectivity index (χ1) is 12.3. The minimum Gasteiger partial charge on any atom is -0.508 e. The second-order valence-corrected chi connectivity index (χ2v) is 8.97. The third-order valence-corrected chi connectivity index (χ3v) is 6.12. The SMILES string of the molecule is CS(=O)(=O)c1ccccc1.Oc1cc(F)c2c(c1)CC(N1CCCC1)C2. The van der Waals surface area contributed by atoms with Crippen molar-refractivity contribution in [1.82, 2.24) is 4.90 Å². The maximum atomic E-state index is 13.6. The van der Waals surface area contributed by atoms with E-state index in [-0.39, 0.29) is 11.6 Å². The van der Waals surface area contributed by atoms with Crippen LogP contribution in [0, 0.1) is 5.82 Å². The molecule has 1 fully saturated rings. The molecule has 26 heavy (non-hydrogen) atoms. The molecule has 2 aromatic carbocycles. The fourth-order valence-electron chi connectivity index (χ4n) is 3.68. The van der Waals surface area contributed by atoms with Gasteiger partial charge in [-0.05, 0) is 68.1 Å². The number of hydrogen-bond donors (Lipinski definition) is 1. The topological polar surface area (TPSA) is 57.6 Å². The van der Waals surface area contributed by atoms with Gasteiger partial charge in [0, 0.05) is 18.4 Å². The first-order valence-electron chi connectivity index (χ1n) is 8.84. The van der Waals surface area contributed by atoms with E-state index in [1.54, 1.807) is 36.4 Å². The number of aromatic hydroxyl groups is 1. The molecule has 0 aromatic heterocycles. The highest BCUT2D eigenvalue weighted by Crippen LogP contribution is 2.32. The summed E-state index contributed by atoms with van der Waals surface area (Å²) in [7, 11) is -3.00. The molecule has 2 aromatic rings. The Balaban J connectivity index is 0.000000170. The van der Waals surface area contributed by atoms with E-state index in [4.69, 9.17) is 0 Å². The van der Waals surface area contributed by atoms with Crippen LogP contribution in [0.3, 0.4) is 0 Å². The van der Waals surface area contributed by atoms with Gasteiger partial charge in [-0.3, -0.25) is 4.90 Å². The summed E-state index contributed by atoms with van der Waals surface area (Å²) in [5.74, 6) is -0.185. The van der Waals surface area contributed by atoms with Crippen LogP contribution in [-0.2, 0) is 22.7 Å². The molecular formula is C20H24FNO3S. The van der Waals surface area contributed by atoms with Crippen molar-refractivity contribution in [1.29, 1.82) is 0 Å². The van der Waals surface area contributed by atoms with Gasteiger partial charge in [0.1, 0.15) is 11.6 Å². The van der Waals surface area contributed by atoms with Crippen molar-refractivity contribution in [3.8, 4) is 5.75 Å². The first kappa shape index (κ1) is 18.9. The van der Waals surface area contributed by atoms with Crippen molar-refractivity contribution >= 4 is 9.84 Å².